The molecule has 118 valence electrons. The van der Waals surface area contributed by atoms with E-state index in [1.54, 1.807) is 18.2 Å². The van der Waals surface area contributed by atoms with E-state index in [4.69, 9.17) is 0 Å². The molecule has 3 nitrogen and oxygen atoms in total. The quantitative estimate of drug-likeness (QED) is 0.779. The Hall–Kier alpha value is -1.61. The van der Waals surface area contributed by atoms with Crippen LogP contribution in [-0.2, 0) is 16.2 Å². The van der Waals surface area contributed by atoms with Gasteiger partial charge in [0.05, 0.1) is 16.1 Å². The molecule has 0 radical (unpaired) electrons. The third kappa shape index (κ3) is 3.58. The topological polar surface area (TPSA) is 46.2 Å². The lowest BCUT2D eigenvalue weighted by molar-refractivity contribution is -0.140. The molecule has 0 bridgehead atoms. The van der Waals surface area contributed by atoms with Gasteiger partial charge in [-0.25, -0.2) is 12.8 Å². The molecule has 0 aliphatic rings. The van der Waals surface area contributed by atoms with E-state index >= 15 is 0 Å². The maximum Gasteiger partial charge on any atom is 0.419 e. The van der Waals surface area contributed by atoms with Crippen LogP contribution >= 0.6 is 15.9 Å². The Kier molecular flexibility index (Phi) is 4.48. The molecule has 0 spiro atoms. The van der Waals surface area contributed by atoms with Crippen LogP contribution in [0.3, 0.4) is 0 Å². The van der Waals surface area contributed by atoms with Gasteiger partial charge < -0.3 is 0 Å². The van der Waals surface area contributed by atoms with E-state index in [1.807, 2.05) is 0 Å². The largest absolute Gasteiger partial charge is 0.419 e. The Morgan fingerprint density at radius 3 is 2.27 bits per heavy atom. The molecule has 1 N–H and O–H groups in total. The van der Waals surface area contributed by atoms with Crippen molar-refractivity contribution in [2.45, 2.75) is 11.1 Å². The number of para-hydroxylation sites is 1. The number of halogens is 5. The fourth-order valence-corrected chi connectivity index (χ4v) is 3.26. The Bertz CT molecular complexity index is 806. The van der Waals surface area contributed by atoms with Crippen molar-refractivity contribution >= 4 is 31.6 Å². The highest BCUT2D eigenvalue weighted by Crippen LogP contribution is 2.33. The van der Waals surface area contributed by atoms with Crippen LogP contribution in [0.15, 0.2) is 51.8 Å². The van der Waals surface area contributed by atoms with Crippen molar-refractivity contribution in [3.63, 3.8) is 0 Å². The second-order valence-electron chi connectivity index (χ2n) is 4.22. The fourth-order valence-electron chi connectivity index (χ4n) is 1.64. The first kappa shape index (κ1) is 16.8. The average molecular weight is 398 g/mol. The minimum absolute atomic E-state index is 0.153. The predicted octanol–water partition coefficient (Wildman–Crippen LogP) is 4.41. The van der Waals surface area contributed by atoms with Crippen molar-refractivity contribution < 1.29 is 26.0 Å². The van der Waals surface area contributed by atoms with Crippen LogP contribution in [0.4, 0.5) is 23.2 Å². The van der Waals surface area contributed by atoms with Gasteiger partial charge in [-0.15, -0.1) is 0 Å². The van der Waals surface area contributed by atoms with Crippen molar-refractivity contribution in [3.05, 3.63) is 58.3 Å². The molecule has 0 aromatic heterocycles. The second kappa shape index (κ2) is 5.88. The molecule has 22 heavy (non-hydrogen) atoms. The average Bonchev–Trinajstić information content (AvgIpc) is 2.40. The van der Waals surface area contributed by atoms with Crippen LogP contribution in [0.1, 0.15) is 5.56 Å². The van der Waals surface area contributed by atoms with Crippen LogP contribution in [-0.4, -0.2) is 8.42 Å². The summed E-state index contributed by atoms with van der Waals surface area (Å²) in [4.78, 5) is -0.683. The molecular weight excluding hydrogens is 390 g/mol. The molecule has 0 aliphatic carbocycles. The van der Waals surface area contributed by atoms with Gasteiger partial charge in [0, 0.05) is 4.47 Å². The lowest BCUT2D eigenvalue weighted by Crippen LogP contribution is -2.16. The molecule has 0 aliphatic heterocycles. The Balaban J connectivity index is 2.45. The van der Waals surface area contributed by atoms with Crippen LogP contribution in [0.5, 0.6) is 0 Å². The van der Waals surface area contributed by atoms with Gasteiger partial charge in [-0.1, -0.05) is 12.1 Å². The van der Waals surface area contributed by atoms with Gasteiger partial charge in [-0.3, -0.25) is 4.72 Å². The van der Waals surface area contributed by atoms with E-state index < -0.39 is 32.5 Å². The molecule has 2 aromatic rings. The first-order chi connectivity index (χ1) is 10.1. The number of sulfonamides is 1. The van der Waals surface area contributed by atoms with Crippen molar-refractivity contribution in [1.82, 2.24) is 0 Å². The molecule has 0 heterocycles. The zero-order valence-corrected chi connectivity index (χ0v) is 13.1. The van der Waals surface area contributed by atoms with E-state index in [2.05, 4.69) is 20.7 Å². The molecule has 2 aromatic carbocycles. The highest BCUT2D eigenvalue weighted by Gasteiger charge is 2.35. The molecule has 0 unspecified atom stereocenters. The zero-order valence-electron chi connectivity index (χ0n) is 10.7. The summed E-state index contributed by atoms with van der Waals surface area (Å²) in [7, 11) is -4.28. The van der Waals surface area contributed by atoms with Crippen molar-refractivity contribution in [1.29, 1.82) is 0 Å². The number of alkyl halides is 3. The summed E-state index contributed by atoms with van der Waals surface area (Å²) < 4.78 is 77.9. The van der Waals surface area contributed by atoms with Crippen LogP contribution in [0.25, 0.3) is 0 Å². The fraction of sp³-hybridized carbons (Fsp3) is 0.0769. The van der Waals surface area contributed by atoms with E-state index in [9.17, 15) is 26.0 Å². The molecule has 0 amide bonds. The summed E-state index contributed by atoms with van der Waals surface area (Å²) in [6, 6.07) is 7.67. The maximum absolute atomic E-state index is 13.2. The third-order valence-electron chi connectivity index (χ3n) is 2.67. The smallest absolute Gasteiger partial charge is 0.278 e. The first-order valence-corrected chi connectivity index (χ1v) is 8.03. The van der Waals surface area contributed by atoms with E-state index in [-0.39, 0.29) is 11.8 Å². The molecule has 0 fully saturated rings. The van der Waals surface area contributed by atoms with E-state index in [1.165, 1.54) is 6.07 Å². The second-order valence-corrected chi connectivity index (χ2v) is 6.76. The zero-order chi connectivity index (χ0) is 16.5. The Labute approximate surface area is 132 Å². The summed E-state index contributed by atoms with van der Waals surface area (Å²) in [5.41, 5.74) is -1.48. The number of nitrogens with one attached hydrogen (secondary N) is 1. The highest BCUT2D eigenvalue weighted by molar-refractivity contribution is 9.10. The first-order valence-electron chi connectivity index (χ1n) is 5.75. The normalized spacial score (nSPS) is 12.2. The summed E-state index contributed by atoms with van der Waals surface area (Å²) in [6.45, 7) is 0. The number of rotatable bonds is 3. The lowest BCUT2D eigenvalue weighted by Gasteiger charge is -2.12. The van der Waals surface area contributed by atoms with E-state index in [0.29, 0.717) is 10.5 Å². The molecule has 0 atom stereocenters. The molecule has 0 saturated heterocycles. The van der Waals surface area contributed by atoms with Gasteiger partial charge in [0.25, 0.3) is 10.0 Å². The van der Waals surface area contributed by atoms with Crippen LogP contribution < -0.4 is 4.72 Å². The number of benzene rings is 2. The van der Waals surface area contributed by atoms with Crippen LogP contribution in [0, 0.1) is 5.82 Å². The van der Waals surface area contributed by atoms with Crippen molar-refractivity contribution in [2.24, 2.45) is 0 Å². The summed E-state index contributed by atoms with van der Waals surface area (Å²) in [5, 5.41) is 0. The van der Waals surface area contributed by atoms with Gasteiger partial charge in [0.2, 0.25) is 0 Å². The number of hydrogen-bond acceptors (Lipinski definition) is 2. The molecular formula is C13H8BrF4NO2S. The van der Waals surface area contributed by atoms with E-state index in [0.717, 1.165) is 6.07 Å². The molecule has 2 rings (SSSR count). The third-order valence-corrected chi connectivity index (χ3v) is 4.73. The molecule has 0 saturated carbocycles. The summed E-state index contributed by atoms with van der Waals surface area (Å²) in [5.74, 6) is -1.53. The lowest BCUT2D eigenvalue weighted by atomic mass is 10.2. The van der Waals surface area contributed by atoms with Crippen molar-refractivity contribution in [3.8, 4) is 0 Å². The Morgan fingerprint density at radius 1 is 1.05 bits per heavy atom. The minimum Gasteiger partial charge on any atom is -0.278 e. The highest BCUT2D eigenvalue weighted by atomic mass is 79.9. The van der Waals surface area contributed by atoms with Gasteiger partial charge in [-0.05, 0) is 46.3 Å². The van der Waals surface area contributed by atoms with Crippen LogP contribution in [0.2, 0.25) is 0 Å². The van der Waals surface area contributed by atoms with Gasteiger partial charge in [0.15, 0.2) is 0 Å². The maximum atomic E-state index is 13.2. The van der Waals surface area contributed by atoms with Crippen molar-refractivity contribution in [2.75, 3.05) is 4.72 Å². The standard InChI is InChI=1S/C13H8BrF4NO2S/c14-10-3-1-2-4-12(10)19-22(20,21)8-5-6-11(15)9(7-8)13(16,17)18/h1-7,19H. The SMILES string of the molecule is O=S(=O)(Nc1ccccc1Br)c1ccc(F)c(C(F)(F)F)c1. The summed E-state index contributed by atoms with van der Waals surface area (Å²) >= 11 is 3.11. The van der Waals surface area contributed by atoms with Gasteiger partial charge in [-0.2, -0.15) is 13.2 Å². The minimum atomic E-state index is -4.98. The molecule has 9 heteroatoms. The predicted molar refractivity (Wildman–Crippen MR) is 76.4 cm³/mol. The summed E-state index contributed by atoms with van der Waals surface area (Å²) in [6.07, 6.45) is -4.98. The monoisotopic (exact) mass is 397 g/mol. The number of anilines is 1. The Morgan fingerprint density at radius 2 is 1.68 bits per heavy atom. The number of hydrogen-bond donors (Lipinski definition) is 1. The van der Waals surface area contributed by atoms with Gasteiger partial charge >= 0.3 is 6.18 Å². The van der Waals surface area contributed by atoms with Gasteiger partial charge in [0.1, 0.15) is 5.82 Å².